The fourth-order valence-corrected chi connectivity index (χ4v) is 7.00. The summed E-state index contributed by atoms with van der Waals surface area (Å²) in [6.45, 7) is 5.09. The van der Waals surface area contributed by atoms with Crippen LogP contribution in [0, 0.1) is 25.7 Å². The predicted octanol–water partition coefficient (Wildman–Crippen LogP) is 2.11. The number of nitrogens with zero attached hydrogens (tertiary/aromatic N) is 1. The van der Waals surface area contributed by atoms with Gasteiger partial charge in [0.05, 0.1) is 0 Å². The third-order valence-electron chi connectivity index (χ3n) is 4.69. The molecule has 2 heterocycles. The second-order valence-corrected chi connectivity index (χ2v) is 9.56. The number of fused-ring (bicyclic) bond motifs is 1. The van der Waals surface area contributed by atoms with Crippen molar-refractivity contribution in [1.82, 2.24) is 4.31 Å². The van der Waals surface area contributed by atoms with Crippen molar-refractivity contribution in [3.8, 4) is 0 Å². The van der Waals surface area contributed by atoms with Crippen LogP contribution in [0.3, 0.4) is 0 Å². The Bertz CT molecular complexity index is 609. The van der Waals surface area contributed by atoms with Gasteiger partial charge in [0.1, 0.15) is 4.21 Å². The first-order valence-electron chi connectivity index (χ1n) is 7.22. The molecule has 3 rings (SSSR count). The quantitative estimate of drug-likeness (QED) is 0.909. The van der Waals surface area contributed by atoms with E-state index in [0.717, 1.165) is 29.7 Å². The maximum Gasteiger partial charge on any atom is 0.252 e. The van der Waals surface area contributed by atoms with Gasteiger partial charge in [0, 0.05) is 24.0 Å². The maximum atomic E-state index is 12.8. The minimum absolute atomic E-state index is 0.167. The molecular weight excluding hydrogens is 292 g/mol. The van der Waals surface area contributed by atoms with Crippen LogP contribution in [0.2, 0.25) is 0 Å². The van der Waals surface area contributed by atoms with Crippen molar-refractivity contribution in [1.29, 1.82) is 0 Å². The molecule has 0 amide bonds. The summed E-state index contributed by atoms with van der Waals surface area (Å²) in [7, 11) is -3.33. The van der Waals surface area contributed by atoms with Crippen molar-refractivity contribution < 1.29 is 8.42 Å². The lowest BCUT2D eigenvalue weighted by atomic mass is 9.78. The summed E-state index contributed by atoms with van der Waals surface area (Å²) >= 11 is 1.38. The van der Waals surface area contributed by atoms with Gasteiger partial charge >= 0.3 is 0 Å². The van der Waals surface area contributed by atoms with Crippen LogP contribution in [0.4, 0.5) is 0 Å². The highest BCUT2D eigenvalue weighted by atomic mass is 32.2. The molecule has 1 aliphatic heterocycles. The normalized spacial score (nSPS) is 31.4. The van der Waals surface area contributed by atoms with Gasteiger partial charge in [0.2, 0.25) is 0 Å². The number of rotatable bonds is 2. The SMILES string of the molecule is Cc1cc(C)c(S(=O)(=O)N2CC3CCCC(N)C3C2)s1. The number of nitrogens with two attached hydrogens (primary N) is 1. The Morgan fingerprint density at radius 1 is 1.30 bits per heavy atom. The van der Waals surface area contributed by atoms with E-state index in [-0.39, 0.29) is 6.04 Å². The largest absolute Gasteiger partial charge is 0.327 e. The minimum atomic E-state index is -3.33. The number of sulfonamides is 1. The second-order valence-electron chi connectivity index (χ2n) is 6.17. The summed E-state index contributed by atoms with van der Waals surface area (Å²) in [6.07, 6.45) is 3.28. The van der Waals surface area contributed by atoms with Gasteiger partial charge in [-0.3, -0.25) is 0 Å². The molecule has 0 spiro atoms. The minimum Gasteiger partial charge on any atom is -0.327 e. The highest BCUT2D eigenvalue weighted by Crippen LogP contribution is 2.39. The van der Waals surface area contributed by atoms with Crippen molar-refractivity contribution in [2.24, 2.45) is 17.6 Å². The average molecular weight is 314 g/mol. The molecule has 1 saturated heterocycles. The van der Waals surface area contributed by atoms with E-state index in [4.69, 9.17) is 5.73 Å². The van der Waals surface area contributed by atoms with Crippen LogP contribution in [-0.4, -0.2) is 31.9 Å². The standard InChI is InChI=1S/C14H22N2O2S2/c1-9-6-10(2)19-14(9)20(17,18)16-7-11-4-3-5-13(15)12(11)8-16/h6,11-13H,3-5,7-8,15H2,1-2H3. The monoisotopic (exact) mass is 314 g/mol. The van der Waals surface area contributed by atoms with Crippen LogP contribution in [0.15, 0.2) is 10.3 Å². The van der Waals surface area contributed by atoms with Gasteiger partial charge in [0.25, 0.3) is 10.0 Å². The number of hydrogen-bond donors (Lipinski definition) is 1. The van der Waals surface area contributed by atoms with E-state index in [1.165, 1.54) is 11.3 Å². The average Bonchev–Trinajstić information content (AvgIpc) is 2.94. The van der Waals surface area contributed by atoms with Crippen LogP contribution in [0.25, 0.3) is 0 Å². The molecule has 1 aliphatic carbocycles. The van der Waals surface area contributed by atoms with Crippen molar-refractivity contribution in [2.45, 2.75) is 43.4 Å². The van der Waals surface area contributed by atoms with E-state index in [9.17, 15) is 8.42 Å². The third kappa shape index (κ3) is 2.32. The Hall–Kier alpha value is -0.430. The van der Waals surface area contributed by atoms with Crippen LogP contribution in [0.5, 0.6) is 0 Å². The summed E-state index contributed by atoms with van der Waals surface area (Å²) in [5, 5.41) is 0. The third-order valence-corrected chi connectivity index (χ3v) is 8.29. The van der Waals surface area contributed by atoms with Gasteiger partial charge in [-0.2, -0.15) is 4.31 Å². The smallest absolute Gasteiger partial charge is 0.252 e. The van der Waals surface area contributed by atoms with Gasteiger partial charge in [-0.25, -0.2) is 8.42 Å². The summed E-state index contributed by atoms with van der Waals surface area (Å²) in [5.74, 6) is 0.801. The zero-order chi connectivity index (χ0) is 14.5. The predicted molar refractivity (Wildman–Crippen MR) is 81.4 cm³/mol. The van der Waals surface area contributed by atoms with Gasteiger partial charge in [-0.05, 0) is 50.2 Å². The molecule has 4 nitrogen and oxygen atoms in total. The van der Waals surface area contributed by atoms with E-state index >= 15 is 0 Å². The molecule has 2 fully saturated rings. The van der Waals surface area contributed by atoms with E-state index in [1.54, 1.807) is 4.31 Å². The number of aryl methyl sites for hydroxylation is 2. The van der Waals surface area contributed by atoms with Crippen LogP contribution in [-0.2, 0) is 10.0 Å². The molecule has 1 aromatic heterocycles. The zero-order valence-corrected chi connectivity index (χ0v) is 13.6. The summed E-state index contributed by atoms with van der Waals surface area (Å²) in [6, 6.07) is 2.12. The Morgan fingerprint density at radius 2 is 2.05 bits per heavy atom. The molecule has 20 heavy (non-hydrogen) atoms. The van der Waals surface area contributed by atoms with Crippen LogP contribution < -0.4 is 5.73 Å². The number of thiophene rings is 1. The van der Waals surface area contributed by atoms with Crippen molar-refractivity contribution in [3.05, 3.63) is 16.5 Å². The van der Waals surface area contributed by atoms with Gasteiger partial charge in [-0.1, -0.05) is 6.42 Å². The fraction of sp³-hybridized carbons (Fsp3) is 0.714. The van der Waals surface area contributed by atoms with Gasteiger partial charge < -0.3 is 5.73 Å². The first-order chi connectivity index (χ1) is 9.39. The summed E-state index contributed by atoms with van der Waals surface area (Å²) in [5.41, 5.74) is 7.05. The Morgan fingerprint density at radius 3 is 2.65 bits per heavy atom. The summed E-state index contributed by atoms with van der Waals surface area (Å²) in [4.78, 5) is 1.05. The van der Waals surface area contributed by atoms with Crippen LogP contribution in [0.1, 0.15) is 29.7 Å². The second kappa shape index (κ2) is 5.09. The summed E-state index contributed by atoms with van der Waals surface area (Å²) < 4.78 is 27.8. The highest BCUT2D eigenvalue weighted by Gasteiger charge is 2.43. The zero-order valence-electron chi connectivity index (χ0n) is 12.0. The van der Waals surface area contributed by atoms with E-state index < -0.39 is 10.0 Å². The van der Waals surface area contributed by atoms with Crippen LogP contribution >= 0.6 is 11.3 Å². The lowest BCUT2D eigenvalue weighted by molar-refractivity contribution is 0.260. The molecule has 3 unspecified atom stereocenters. The molecule has 0 aromatic carbocycles. The molecule has 112 valence electrons. The molecule has 0 bridgehead atoms. The Kier molecular flexibility index (Phi) is 3.69. The maximum absolute atomic E-state index is 12.8. The molecule has 3 atom stereocenters. The lowest BCUT2D eigenvalue weighted by Gasteiger charge is -2.29. The Balaban J connectivity index is 1.88. The first-order valence-corrected chi connectivity index (χ1v) is 9.48. The van der Waals surface area contributed by atoms with E-state index in [2.05, 4.69) is 0 Å². The van der Waals surface area contributed by atoms with Crippen molar-refractivity contribution >= 4 is 21.4 Å². The molecular formula is C14H22N2O2S2. The molecule has 2 N–H and O–H groups in total. The van der Waals surface area contributed by atoms with E-state index in [1.807, 2.05) is 19.9 Å². The number of hydrogen-bond acceptors (Lipinski definition) is 4. The highest BCUT2D eigenvalue weighted by molar-refractivity contribution is 7.91. The lowest BCUT2D eigenvalue weighted by Crippen LogP contribution is -2.38. The molecule has 1 saturated carbocycles. The van der Waals surface area contributed by atoms with Crippen molar-refractivity contribution in [3.63, 3.8) is 0 Å². The molecule has 1 aromatic rings. The molecule has 0 radical (unpaired) electrons. The van der Waals surface area contributed by atoms with Gasteiger partial charge in [0.15, 0.2) is 0 Å². The molecule has 2 aliphatic rings. The van der Waals surface area contributed by atoms with Gasteiger partial charge in [-0.15, -0.1) is 11.3 Å². The Labute approximate surface area is 125 Å². The topological polar surface area (TPSA) is 63.4 Å². The first kappa shape index (κ1) is 14.5. The molecule has 6 heteroatoms. The van der Waals surface area contributed by atoms with Crippen molar-refractivity contribution in [2.75, 3.05) is 13.1 Å². The van der Waals surface area contributed by atoms with E-state index in [0.29, 0.717) is 29.1 Å². The fourth-order valence-electron chi connectivity index (χ4n) is 3.67.